The van der Waals surface area contributed by atoms with Crippen molar-refractivity contribution in [2.24, 2.45) is 0 Å². The van der Waals surface area contributed by atoms with Crippen LogP contribution in [0.3, 0.4) is 0 Å². The number of aryl methyl sites for hydroxylation is 1. The van der Waals surface area contributed by atoms with Crippen LogP contribution >= 0.6 is 11.6 Å². The number of piperidine rings is 1. The summed E-state index contributed by atoms with van der Waals surface area (Å²) in [6.45, 7) is 3.16. The maximum absolute atomic E-state index is 12.7. The van der Waals surface area contributed by atoms with Gasteiger partial charge in [-0.05, 0) is 37.3 Å². The Hall–Kier alpha value is -2.33. The van der Waals surface area contributed by atoms with Crippen LogP contribution in [0.25, 0.3) is 0 Å². The molecule has 0 saturated carbocycles. The number of hydrogen-bond donors (Lipinski definition) is 0. The second-order valence-corrected chi connectivity index (χ2v) is 7.62. The zero-order valence-electron chi connectivity index (χ0n) is 14.6. The number of nitrogens with zero attached hydrogens (tertiary/aromatic N) is 1. The van der Waals surface area contributed by atoms with Gasteiger partial charge in [-0.15, -0.1) is 0 Å². The molecule has 2 aliphatic heterocycles. The Labute approximate surface area is 157 Å². The maximum Gasteiger partial charge on any atom is 0.253 e. The molecule has 2 aromatic carbocycles. The summed E-state index contributed by atoms with van der Waals surface area (Å²) >= 11 is 6.05. The molecule has 2 heterocycles. The number of carbonyl (C=O) groups excluding carboxylic acids is 2. The molecule has 0 atom stereocenters. The monoisotopic (exact) mass is 369 g/mol. The van der Waals surface area contributed by atoms with Crippen LogP contribution in [0, 0.1) is 6.92 Å². The molecule has 0 unspecified atom stereocenters. The summed E-state index contributed by atoms with van der Waals surface area (Å²) < 4.78 is 6.22. The van der Waals surface area contributed by atoms with Crippen molar-refractivity contribution in [2.75, 3.05) is 13.1 Å². The summed E-state index contributed by atoms with van der Waals surface area (Å²) in [5.41, 5.74) is 1.90. The minimum absolute atomic E-state index is 0.0328. The summed E-state index contributed by atoms with van der Waals surface area (Å²) in [4.78, 5) is 27.1. The molecule has 1 spiro atoms. The lowest BCUT2D eigenvalue weighted by Crippen LogP contribution is -2.52. The molecule has 2 aromatic rings. The lowest BCUT2D eigenvalue weighted by Gasteiger charge is -2.44. The van der Waals surface area contributed by atoms with E-state index in [9.17, 15) is 9.59 Å². The van der Waals surface area contributed by atoms with E-state index in [0.717, 1.165) is 5.56 Å². The fourth-order valence-electron chi connectivity index (χ4n) is 3.74. The van der Waals surface area contributed by atoms with Gasteiger partial charge in [-0.2, -0.15) is 0 Å². The van der Waals surface area contributed by atoms with Gasteiger partial charge in [-0.25, -0.2) is 0 Å². The average molecular weight is 370 g/mol. The zero-order chi connectivity index (χ0) is 18.3. The molecule has 4 rings (SSSR count). The summed E-state index contributed by atoms with van der Waals surface area (Å²) in [6.07, 6.45) is 1.64. The third-order valence-electron chi connectivity index (χ3n) is 5.31. The molecule has 1 amide bonds. The van der Waals surface area contributed by atoms with Crippen molar-refractivity contribution >= 4 is 23.3 Å². The van der Waals surface area contributed by atoms with Crippen molar-refractivity contribution < 1.29 is 14.3 Å². The molecular formula is C21H20ClNO3. The van der Waals surface area contributed by atoms with Crippen molar-refractivity contribution in [2.45, 2.75) is 31.8 Å². The number of rotatable bonds is 1. The number of ketones is 1. The van der Waals surface area contributed by atoms with Gasteiger partial charge in [0.2, 0.25) is 0 Å². The largest absolute Gasteiger partial charge is 0.486 e. The number of hydrogen-bond acceptors (Lipinski definition) is 3. The van der Waals surface area contributed by atoms with Crippen LogP contribution in [0.1, 0.15) is 45.5 Å². The number of ether oxygens (including phenoxy) is 1. The van der Waals surface area contributed by atoms with Crippen molar-refractivity contribution in [1.82, 2.24) is 4.90 Å². The lowest BCUT2D eigenvalue weighted by atomic mass is 9.82. The first kappa shape index (κ1) is 17.1. The number of amides is 1. The summed E-state index contributed by atoms with van der Waals surface area (Å²) in [6, 6.07) is 12.8. The van der Waals surface area contributed by atoms with E-state index in [2.05, 4.69) is 0 Å². The molecule has 0 bridgehead atoms. The highest BCUT2D eigenvalue weighted by Gasteiger charge is 2.43. The predicted octanol–water partition coefficient (Wildman–Crippen LogP) is 4.29. The van der Waals surface area contributed by atoms with E-state index in [-0.39, 0.29) is 11.7 Å². The molecule has 0 radical (unpaired) electrons. The molecule has 1 saturated heterocycles. The number of fused-ring (bicyclic) bond motifs is 1. The molecule has 1 fully saturated rings. The van der Waals surface area contributed by atoms with Gasteiger partial charge in [0.05, 0.1) is 12.0 Å². The topological polar surface area (TPSA) is 46.6 Å². The number of Topliss-reactive ketones (excluding diaryl/α,β-unsaturated/α-hetero) is 1. The van der Waals surface area contributed by atoms with Gasteiger partial charge in [-0.1, -0.05) is 29.3 Å². The van der Waals surface area contributed by atoms with Gasteiger partial charge in [0.1, 0.15) is 11.4 Å². The highest BCUT2D eigenvalue weighted by Crippen LogP contribution is 2.40. The van der Waals surface area contributed by atoms with Gasteiger partial charge in [0, 0.05) is 36.5 Å². The van der Waals surface area contributed by atoms with Gasteiger partial charge in [0.25, 0.3) is 5.91 Å². The second kappa shape index (κ2) is 6.44. The van der Waals surface area contributed by atoms with E-state index in [4.69, 9.17) is 16.3 Å². The zero-order valence-corrected chi connectivity index (χ0v) is 15.4. The van der Waals surface area contributed by atoms with Crippen LogP contribution < -0.4 is 4.74 Å². The fraction of sp³-hybridized carbons (Fsp3) is 0.333. The first-order valence-corrected chi connectivity index (χ1v) is 9.21. The van der Waals surface area contributed by atoms with Crippen molar-refractivity contribution in [3.05, 3.63) is 64.2 Å². The van der Waals surface area contributed by atoms with Crippen LogP contribution in [0.5, 0.6) is 5.75 Å². The Kier molecular flexibility index (Phi) is 4.23. The molecule has 0 N–H and O–H groups in total. The minimum atomic E-state index is -0.529. The Balaban J connectivity index is 1.49. The van der Waals surface area contributed by atoms with Crippen molar-refractivity contribution in [3.8, 4) is 5.75 Å². The minimum Gasteiger partial charge on any atom is -0.486 e. The highest BCUT2D eigenvalue weighted by molar-refractivity contribution is 6.30. The maximum atomic E-state index is 12.7. The van der Waals surface area contributed by atoms with Crippen molar-refractivity contribution in [1.29, 1.82) is 0 Å². The molecule has 0 aliphatic carbocycles. The molecule has 4 nitrogen and oxygen atoms in total. The van der Waals surface area contributed by atoms with Gasteiger partial charge >= 0.3 is 0 Å². The standard InChI is InChI=1S/C21H20ClNO3/c1-14-2-4-15(5-3-14)20(25)23-10-8-21(9-11-23)13-18(24)17-7-6-16(22)12-19(17)26-21/h2-7,12H,8-11,13H2,1H3. The van der Waals surface area contributed by atoms with Crippen LogP contribution in [-0.2, 0) is 0 Å². The van der Waals surface area contributed by atoms with E-state index >= 15 is 0 Å². The summed E-state index contributed by atoms with van der Waals surface area (Å²) in [7, 11) is 0. The molecule has 5 heteroatoms. The quantitative estimate of drug-likeness (QED) is 0.753. The Bertz CT molecular complexity index is 867. The SMILES string of the molecule is Cc1ccc(C(=O)N2CCC3(CC2)CC(=O)c2ccc(Cl)cc2O3)cc1. The van der Waals surface area contributed by atoms with E-state index < -0.39 is 5.60 Å². The second-order valence-electron chi connectivity index (χ2n) is 7.18. The smallest absolute Gasteiger partial charge is 0.253 e. The number of halogens is 1. The first-order valence-electron chi connectivity index (χ1n) is 8.84. The first-order chi connectivity index (χ1) is 12.5. The van der Waals surface area contributed by atoms with E-state index in [1.54, 1.807) is 18.2 Å². The highest BCUT2D eigenvalue weighted by atomic mass is 35.5. The molecule has 134 valence electrons. The van der Waals surface area contributed by atoms with E-state index in [1.165, 1.54) is 0 Å². The van der Waals surface area contributed by atoms with Crippen LogP contribution in [0.15, 0.2) is 42.5 Å². The molecular weight excluding hydrogens is 350 g/mol. The Morgan fingerprint density at radius 1 is 1.12 bits per heavy atom. The Morgan fingerprint density at radius 2 is 1.81 bits per heavy atom. The van der Waals surface area contributed by atoms with Crippen LogP contribution in [0.4, 0.5) is 0 Å². The third-order valence-corrected chi connectivity index (χ3v) is 5.55. The summed E-state index contributed by atoms with van der Waals surface area (Å²) in [5.74, 6) is 0.679. The van der Waals surface area contributed by atoms with E-state index in [1.807, 2.05) is 36.1 Å². The number of carbonyl (C=O) groups is 2. The molecule has 26 heavy (non-hydrogen) atoms. The molecule has 2 aliphatic rings. The van der Waals surface area contributed by atoms with Crippen molar-refractivity contribution in [3.63, 3.8) is 0 Å². The normalized spacial score (nSPS) is 18.4. The summed E-state index contributed by atoms with van der Waals surface area (Å²) in [5, 5.41) is 0.556. The number of benzene rings is 2. The van der Waals surface area contributed by atoms with Gasteiger partial charge < -0.3 is 9.64 Å². The fourth-order valence-corrected chi connectivity index (χ4v) is 3.91. The van der Waals surface area contributed by atoms with E-state index in [0.29, 0.717) is 54.3 Å². The predicted molar refractivity (Wildman–Crippen MR) is 100 cm³/mol. The Morgan fingerprint density at radius 3 is 2.50 bits per heavy atom. The van der Waals surface area contributed by atoms with Gasteiger partial charge in [-0.3, -0.25) is 9.59 Å². The average Bonchev–Trinajstić information content (AvgIpc) is 2.62. The lowest BCUT2D eigenvalue weighted by molar-refractivity contribution is -0.00569. The van der Waals surface area contributed by atoms with Crippen LogP contribution in [-0.4, -0.2) is 35.3 Å². The number of likely N-dealkylation sites (tertiary alicyclic amines) is 1. The van der Waals surface area contributed by atoms with Crippen LogP contribution in [0.2, 0.25) is 5.02 Å². The third kappa shape index (κ3) is 3.10. The molecule has 0 aromatic heterocycles. The van der Waals surface area contributed by atoms with Gasteiger partial charge in [0.15, 0.2) is 5.78 Å².